The van der Waals surface area contributed by atoms with Gasteiger partial charge < -0.3 is 5.32 Å². The second kappa shape index (κ2) is 8.81. The maximum Gasteiger partial charge on any atom is 0.242 e. The Bertz CT molecular complexity index is 1040. The van der Waals surface area contributed by atoms with Gasteiger partial charge in [0.25, 0.3) is 0 Å². The highest BCUT2D eigenvalue weighted by atomic mass is 32.2. The molecule has 0 spiro atoms. The number of carbonyl (C=O) groups excluding carboxylic acids is 1. The Hall–Kier alpha value is -2.29. The number of thiazole rings is 1. The minimum absolute atomic E-state index is 0.122. The molecule has 0 atom stereocenters. The number of rotatable bonds is 8. The van der Waals surface area contributed by atoms with E-state index in [9.17, 15) is 13.2 Å². The lowest BCUT2D eigenvalue weighted by atomic mass is 10.2. The number of benzene rings is 2. The van der Waals surface area contributed by atoms with Crippen molar-refractivity contribution in [2.75, 3.05) is 19.4 Å². The summed E-state index contributed by atoms with van der Waals surface area (Å²) in [5.74, 6) is -0.122. The van der Waals surface area contributed by atoms with Crippen molar-refractivity contribution in [2.24, 2.45) is 0 Å². The molecule has 0 aliphatic rings. The van der Waals surface area contributed by atoms with E-state index >= 15 is 0 Å². The van der Waals surface area contributed by atoms with Gasteiger partial charge in [-0.2, -0.15) is 0 Å². The minimum Gasteiger partial charge on any atom is -0.326 e. The third-order valence-corrected chi connectivity index (χ3v) is 7.19. The Kier molecular flexibility index (Phi) is 6.43. The van der Waals surface area contributed by atoms with E-state index in [2.05, 4.69) is 16.4 Å². The Morgan fingerprint density at radius 3 is 2.64 bits per heavy atom. The lowest BCUT2D eigenvalue weighted by Crippen LogP contribution is -2.22. The minimum atomic E-state index is -3.52. The van der Waals surface area contributed by atoms with E-state index in [0.717, 1.165) is 34.1 Å². The molecule has 0 aliphatic heterocycles. The molecule has 1 N–H and O–H groups in total. The van der Waals surface area contributed by atoms with Crippen LogP contribution < -0.4 is 5.32 Å². The molecule has 2 aromatic carbocycles. The van der Waals surface area contributed by atoms with Crippen molar-refractivity contribution < 1.29 is 13.2 Å². The van der Waals surface area contributed by atoms with E-state index < -0.39 is 10.0 Å². The molecule has 1 amide bonds. The fourth-order valence-corrected chi connectivity index (χ4v) is 4.71. The first kappa shape index (κ1) is 20.4. The second-order valence-electron chi connectivity index (χ2n) is 6.65. The lowest BCUT2D eigenvalue weighted by molar-refractivity contribution is -0.116. The van der Waals surface area contributed by atoms with Crippen molar-refractivity contribution in [1.29, 1.82) is 0 Å². The molecule has 3 aromatic rings. The predicted octanol–water partition coefficient (Wildman–Crippen LogP) is 3.90. The van der Waals surface area contributed by atoms with Crippen molar-refractivity contribution in [1.82, 2.24) is 9.29 Å². The van der Waals surface area contributed by atoms with E-state index in [1.54, 1.807) is 23.5 Å². The summed E-state index contributed by atoms with van der Waals surface area (Å²) in [6.45, 7) is 0. The molecule has 0 saturated heterocycles. The molecule has 0 saturated carbocycles. The monoisotopic (exact) mass is 417 g/mol. The molecule has 8 heteroatoms. The van der Waals surface area contributed by atoms with E-state index in [0.29, 0.717) is 12.1 Å². The van der Waals surface area contributed by atoms with Gasteiger partial charge >= 0.3 is 0 Å². The van der Waals surface area contributed by atoms with Crippen LogP contribution >= 0.6 is 11.3 Å². The average Bonchev–Trinajstić information content (AvgIpc) is 3.08. The quantitative estimate of drug-likeness (QED) is 0.564. The Labute approximate surface area is 169 Å². The number of amides is 1. The molecule has 0 bridgehead atoms. The van der Waals surface area contributed by atoms with Gasteiger partial charge in [0.15, 0.2) is 0 Å². The van der Waals surface area contributed by atoms with Gasteiger partial charge in [0, 0.05) is 26.2 Å². The number of carbonyl (C=O) groups is 1. The number of nitrogens with one attached hydrogen (secondary N) is 1. The van der Waals surface area contributed by atoms with Crippen LogP contribution in [0, 0.1) is 0 Å². The van der Waals surface area contributed by atoms with Gasteiger partial charge in [-0.15, -0.1) is 11.3 Å². The van der Waals surface area contributed by atoms with Gasteiger partial charge in [-0.3, -0.25) is 4.79 Å². The number of para-hydroxylation sites is 1. The molecular weight excluding hydrogens is 394 g/mol. The third kappa shape index (κ3) is 4.95. The van der Waals surface area contributed by atoms with Crippen molar-refractivity contribution >= 4 is 43.2 Å². The van der Waals surface area contributed by atoms with E-state index in [1.807, 2.05) is 18.2 Å². The van der Waals surface area contributed by atoms with Gasteiger partial charge in [0.1, 0.15) is 0 Å². The molecule has 0 aliphatic carbocycles. The van der Waals surface area contributed by atoms with Crippen molar-refractivity contribution in [3.05, 3.63) is 53.5 Å². The molecule has 1 heterocycles. The van der Waals surface area contributed by atoms with Crippen LogP contribution in [-0.2, 0) is 21.2 Å². The summed E-state index contributed by atoms with van der Waals surface area (Å²) in [7, 11) is -0.565. The highest BCUT2D eigenvalue weighted by Gasteiger charge is 2.17. The Morgan fingerprint density at radius 2 is 1.89 bits per heavy atom. The van der Waals surface area contributed by atoms with E-state index in [-0.39, 0.29) is 10.8 Å². The number of hydrogen-bond donors (Lipinski definition) is 1. The standard InChI is InChI=1S/C20H23N3O3S2/c1-23(2)28(25,26)16-9-7-8-15(14-16)21-19(24)12-5-6-13-20-22-17-10-3-4-11-18(17)27-20/h3-4,7-11,14H,5-6,12-13H2,1-2H3,(H,21,24). The summed E-state index contributed by atoms with van der Waals surface area (Å²) in [5, 5.41) is 3.86. The Morgan fingerprint density at radius 1 is 1.11 bits per heavy atom. The first-order chi connectivity index (χ1) is 13.4. The topological polar surface area (TPSA) is 79.4 Å². The SMILES string of the molecule is CN(C)S(=O)(=O)c1cccc(NC(=O)CCCCc2nc3ccccc3s2)c1. The lowest BCUT2D eigenvalue weighted by Gasteiger charge is -2.12. The van der Waals surface area contributed by atoms with Crippen LogP contribution in [-0.4, -0.2) is 37.7 Å². The molecular formula is C20H23N3O3S2. The second-order valence-corrected chi connectivity index (χ2v) is 9.91. The summed E-state index contributed by atoms with van der Waals surface area (Å²) in [6, 6.07) is 14.4. The maximum absolute atomic E-state index is 12.2. The first-order valence-electron chi connectivity index (χ1n) is 9.03. The zero-order valence-corrected chi connectivity index (χ0v) is 17.5. The normalized spacial score (nSPS) is 11.8. The van der Waals surface area contributed by atoms with Gasteiger partial charge in [0.2, 0.25) is 15.9 Å². The number of aromatic nitrogens is 1. The molecule has 148 valence electrons. The molecule has 28 heavy (non-hydrogen) atoms. The van der Waals surface area contributed by atoms with E-state index in [1.165, 1.54) is 30.9 Å². The van der Waals surface area contributed by atoms with Crippen LogP contribution in [0.5, 0.6) is 0 Å². The first-order valence-corrected chi connectivity index (χ1v) is 11.3. The summed E-state index contributed by atoms with van der Waals surface area (Å²) in [4.78, 5) is 16.9. The van der Waals surface area contributed by atoms with Gasteiger partial charge in [-0.25, -0.2) is 17.7 Å². The zero-order valence-electron chi connectivity index (χ0n) is 15.9. The largest absolute Gasteiger partial charge is 0.326 e. The van der Waals surface area contributed by atoms with Crippen LogP contribution in [0.4, 0.5) is 5.69 Å². The zero-order chi connectivity index (χ0) is 20.1. The molecule has 1 aromatic heterocycles. The van der Waals surface area contributed by atoms with Crippen molar-refractivity contribution in [3.8, 4) is 0 Å². The summed E-state index contributed by atoms with van der Waals surface area (Å²) in [5.41, 5.74) is 1.51. The van der Waals surface area contributed by atoms with Crippen LogP contribution in [0.25, 0.3) is 10.2 Å². The van der Waals surface area contributed by atoms with Crippen LogP contribution in [0.3, 0.4) is 0 Å². The Balaban J connectivity index is 1.49. The fourth-order valence-electron chi connectivity index (χ4n) is 2.76. The number of nitrogens with zero attached hydrogens (tertiary/aromatic N) is 2. The smallest absolute Gasteiger partial charge is 0.242 e. The predicted molar refractivity (Wildman–Crippen MR) is 113 cm³/mol. The number of aryl methyl sites for hydroxylation is 1. The fraction of sp³-hybridized carbons (Fsp3) is 0.300. The molecule has 0 unspecified atom stereocenters. The maximum atomic E-state index is 12.2. The van der Waals surface area contributed by atoms with E-state index in [4.69, 9.17) is 0 Å². The van der Waals surface area contributed by atoms with Crippen LogP contribution in [0.2, 0.25) is 0 Å². The van der Waals surface area contributed by atoms with Crippen molar-refractivity contribution in [2.45, 2.75) is 30.6 Å². The van der Waals surface area contributed by atoms with Crippen LogP contribution in [0.1, 0.15) is 24.3 Å². The number of anilines is 1. The summed E-state index contributed by atoms with van der Waals surface area (Å²) < 4.78 is 26.7. The van der Waals surface area contributed by atoms with Gasteiger partial charge in [0.05, 0.1) is 20.1 Å². The number of fused-ring (bicyclic) bond motifs is 1. The molecule has 3 rings (SSSR count). The van der Waals surface area contributed by atoms with Gasteiger partial charge in [-0.1, -0.05) is 18.2 Å². The highest BCUT2D eigenvalue weighted by Crippen LogP contribution is 2.23. The third-order valence-electron chi connectivity index (χ3n) is 4.28. The van der Waals surface area contributed by atoms with Gasteiger partial charge in [-0.05, 0) is 49.6 Å². The average molecular weight is 418 g/mol. The highest BCUT2D eigenvalue weighted by molar-refractivity contribution is 7.89. The molecule has 0 fully saturated rings. The molecule has 6 nitrogen and oxygen atoms in total. The number of sulfonamides is 1. The van der Waals surface area contributed by atoms with Crippen LogP contribution in [0.15, 0.2) is 53.4 Å². The summed E-state index contributed by atoms with van der Waals surface area (Å²) in [6.07, 6.45) is 2.86. The molecule has 0 radical (unpaired) electrons. The summed E-state index contributed by atoms with van der Waals surface area (Å²) >= 11 is 1.69. The number of hydrogen-bond acceptors (Lipinski definition) is 5. The number of unbranched alkanes of at least 4 members (excludes halogenated alkanes) is 1. The van der Waals surface area contributed by atoms with Crippen molar-refractivity contribution in [3.63, 3.8) is 0 Å².